The largest absolute Gasteiger partial charge is 0.481 e. The van der Waals surface area contributed by atoms with Gasteiger partial charge in [0, 0.05) is 49.5 Å². The molecule has 0 fully saturated rings. The Balaban J connectivity index is 1.98. The van der Waals surface area contributed by atoms with E-state index in [2.05, 4.69) is 9.55 Å². The molecule has 0 aliphatic rings. The number of rotatable bonds is 9. The van der Waals surface area contributed by atoms with Gasteiger partial charge in [-0.2, -0.15) is 0 Å². The van der Waals surface area contributed by atoms with Crippen LogP contribution < -0.4 is 4.74 Å². The molecule has 0 unspecified atom stereocenters. The average Bonchev–Trinajstić information content (AvgIpc) is 2.94. The number of methoxy groups -OCH3 is 2. The molecule has 2 aromatic heterocycles. The van der Waals surface area contributed by atoms with Crippen LogP contribution in [0.2, 0.25) is 0 Å². The standard InChI is InChI=1S/C19H24N2O5/c1-13-10-16(14(2)21(13)8-5-9-24-3)17(22)12-26-19(23)15-6-7-18(25-4)20-11-15/h6-7,10-11H,5,8-9,12H2,1-4H3. The minimum Gasteiger partial charge on any atom is -0.481 e. The van der Waals surface area contributed by atoms with Gasteiger partial charge in [-0.05, 0) is 32.4 Å². The monoisotopic (exact) mass is 360 g/mol. The SMILES string of the molecule is COCCCn1c(C)cc(C(=O)COC(=O)c2ccc(OC)nc2)c1C. The molecule has 0 aromatic carbocycles. The summed E-state index contributed by atoms with van der Waals surface area (Å²) in [7, 11) is 3.15. The van der Waals surface area contributed by atoms with E-state index in [1.54, 1.807) is 19.2 Å². The Morgan fingerprint density at radius 3 is 2.58 bits per heavy atom. The first-order chi connectivity index (χ1) is 12.5. The van der Waals surface area contributed by atoms with Crippen molar-refractivity contribution >= 4 is 11.8 Å². The van der Waals surface area contributed by atoms with E-state index in [9.17, 15) is 9.59 Å². The maximum Gasteiger partial charge on any atom is 0.340 e. The van der Waals surface area contributed by atoms with Gasteiger partial charge in [-0.25, -0.2) is 9.78 Å². The van der Waals surface area contributed by atoms with Gasteiger partial charge in [0.2, 0.25) is 11.7 Å². The summed E-state index contributed by atoms with van der Waals surface area (Å²) in [6.07, 6.45) is 2.22. The second kappa shape index (κ2) is 9.15. The zero-order valence-corrected chi connectivity index (χ0v) is 15.6. The van der Waals surface area contributed by atoms with Crippen LogP contribution in [0.3, 0.4) is 0 Å². The third-order valence-electron chi connectivity index (χ3n) is 4.12. The van der Waals surface area contributed by atoms with Crippen LogP contribution in [0.5, 0.6) is 5.88 Å². The lowest BCUT2D eigenvalue weighted by Gasteiger charge is -2.09. The van der Waals surface area contributed by atoms with Crippen molar-refractivity contribution in [2.45, 2.75) is 26.8 Å². The minimum absolute atomic E-state index is 0.231. The number of esters is 1. The molecule has 0 spiro atoms. The van der Waals surface area contributed by atoms with Crippen molar-refractivity contribution < 1.29 is 23.8 Å². The van der Waals surface area contributed by atoms with Crippen LogP contribution in [-0.4, -0.2) is 48.7 Å². The second-order valence-electron chi connectivity index (χ2n) is 5.87. The van der Waals surface area contributed by atoms with Gasteiger partial charge in [-0.15, -0.1) is 0 Å². The number of aromatic nitrogens is 2. The molecule has 0 atom stereocenters. The molecule has 0 aliphatic carbocycles. The van der Waals surface area contributed by atoms with Gasteiger partial charge in [0.05, 0.1) is 12.7 Å². The highest BCUT2D eigenvalue weighted by Crippen LogP contribution is 2.17. The minimum atomic E-state index is -0.595. The van der Waals surface area contributed by atoms with Crippen molar-refractivity contribution in [3.8, 4) is 5.88 Å². The first kappa shape index (κ1) is 19.7. The van der Waals surface area contributed by atoms with Gasteiger partial charge < -0.3 is 18.8 Å². The Morgan fingerprint density at radius 1 is 1.19 bits per heavy atom. The van der Waals surface area contributed by atoms with Crippen molar-refractivity contribution in [2.75, 3.05) is 27.4 Å². The quantitative estimate of drug-likeness (QED) is 0.388. The molecule has 2 heterocycles. The van der Waals surface area contributed by atoms with Gasteiger partial charge in [0.25, 0.3) is 0 Å². The van der Waals surface area contributed by atoms with Gasteiger partial charge >= 0.3 is 5.97 Å². The Morgan fingerprint density at radius 2 is 1.96 bits per heavy atom. The zero-order chi connectivity index (χ0) is 19.1. The maximum atomic E-state index is 12.4. The van der Waals surface area contributed by atoms with Crippen LogP contribution in [0.15, 0.2) is 24.4 Å². The van der Waals surface area contributed by atoms with Crippen LogP contribution in [0, 0.1) is 13.8 Å². The van der Waals surface area contributed by atoms with E-state index in [0.29, 0.717) is 18.1 Å². The summed E-state index contributed by atoms with van der Waals surface area (Å²) in [6, 6.07) is 4.93. The number of nitrogens with zero attached hydrogens (tertiary/aromatic N) is 2. The summed E-state index contributed by atoms with van der Waals surface area (Å²) in [6.45, 7) is 4.96. The van der Waals surface area contributed by atoms with E-state index in [-0.39, 0.29) is 18.0 Å². The summed E-state index contributed by atoms with van der Waals surface area (Å²) in [4.78, 5) is 28.4. The highest BCUT2D eigenvalue weighted by molar-refractivity contribution is 6.00. The molecule has 0 bridgehead atoms. The van der Waals surface area contributed by atoms with Crippen LogP contribution >= 0.6 is 0 Å². The van der Waals surface area contributed by atoms with E-state index < -0.39 is 5.97 Å². The van der Waals surface area contributed by atoms with E-state index in [1.807, 2.05) is 19.9 Å². The highest BCUT2D eigenvalue weighted by Gasteiger charge is 2.18. The number of pyridine rings is 1. The predicted octanol–water partition coefficient (Wildman–Crippen LogP) is 2.58. The number of hydrogen-bond donors (Lipinski definition) is 0. The molecule has 2 aromatic rings. The Labute approximate surface area is 152 Å². The normalized spacial score (nSPS) is 10.6. The molecule has 2 rings (SSSR count). The van der Waals surface area contributed by atoms with Crippen molar-refractivity contribution in [3.05, 3.63) is 46.9 Å². The number of ketones is 1. The summed E-state index contributed by atoms with van der Waals surface area (Å²) < 4.78 is 17.2. The molecular formula is C19H24N2O5. The summed E-state index contributed by atoms with van der Waals surface area (Å²) in [5.41, 5.74) is 2.70. The fraction of sp³-hybridized carbons (Fsp3) is 0.421. The molecule has 7 heteroatoms. The zero-order valence-electron chi connectivity index (χ0n) is 15.6. The Bertz CT molecular complexity index is 765. The first-order valence-electron chi connectivity index (χ1n) is 8.34. The third kappa shape index (κ3) is 4.70. The lowest BCUT2D eigenvalue weighted by molar-refractivity contribution is 0.0474. The summed E-state index contributed by atoms with van der Waals surface area (Å²) >= 11 is 0. The van der Waals surface area contributed by atoms with Crippen LogP contribution in [0.25, 0.3) is 0 Å². The van der Waals surface area contributed by atoms with Crippen LogP contribution in [-0.2, 0) is 16.0 Å². The fourth-order valence-electron chi connectivity index (χ4n) is 2.71. The Kier molecular flexibility index (Phi) is 6.91. The number of carbonyl (C=O) groups excluding carboxylic acids is 2. The summed E-state index contributed by atoms with van der Waals surface area (Å²) in [5.74, 6) is -0.424. The molecule has 0 radical (unpaired) electrons. The van der Waals surface area contributed by atoms with Crippen molar-refractivity contribution in [1.29, 1.82) is 0 Å². The molecule has 7 nitrogen and oxygen atoms in total. The fourth-order valence-corrected chi connectivity index (χ4v) is 2.71. The van der Waals surface area contributed by atoms with E-state index in [1.165, 1.54) is 13.3 Å². The van der Waals surface area contributed by atoms with Crippen molar-refractivity contribution in [3.63, 3.8) is 0 Å². The predicted molar refractivity (Wildman–Crippen MR) is 95.8 cm³/mol. The molecule has 0 aliphatic heterocycles. The van der Waals surface area contributed by atoms with Crippen LogP contribution in [0.4, 0.5) is 0 Å². The Hall–Kier alpha value is -2.67. The van der Waals surface area contributed by atoms with Gasteiger partial charge in [-0.3, -0.25) is 4.79 Å². The van der Waals surface area contributed by atoms with Gasteiger partial charge in [0.1, 0.15) is 0 Å². The van der Waals surface area contributed by atoms with Gasteiger partial charge in [-0.1, -0.05) is 0 Å². The topological polar surface area (TPSA) is 79.7 Å². The highest BCUT2D eigenvalue weighted by atomic mass is 16.5. The average molecular weight is 360 g/mol. The van der Waals surface area contributed by atoms with E-state index in [4.69, 9.17) is 14.2 Å². The number of aryl methyl sites for hydroxylation is 1. The molecule has 0 saturated carbocycles. The number of carbonyl (C=O) groups is 2. The molecule has 0 saturated heterocycles. The smallest absolute Gasteiger partial charge is 0.340 e. The third-order valence-corrected chi connectivity index (χ3v) is 4.12. The molecule has 0 amide bonds. The number of hydrogen-bond acceptors (Lipinski definition) is 6. The number of ether oxygens (including phenoxy) is 3. The van der Waals surface area contributed by atoms with Crippen molar-refractivity contribution in [2.24, 2.45) is 0 Å². The molecule has 0 N–H and O–H groups in total. The second-order valence-corrected chi connectivity index (χ2v) is 5.87. The first-order valence-corrected chi connectivity index (χ1v) is 8.34. The molecular weight excluding hydrogens is 336 g/mol. The van der Waals surface area contributed by atoms with E-state index >= 15 is 0 Å². The lowest BCUT2D eigenvalue weighted by Crippen LogP contribution is -2.15. The van der Waals surface area contributed by atoms with Crippen molar-refractivity contribution in [1.82, 2.24) is 9.55 Å². The van der Waals surface area contributed by atoms with Gasteiger partial charge in [0.15, 0.2) is 6.61 Å². The van der Waals surface area contributed by atoms with Crippen LogP contribution in [0.1, 0.15) is 38.5 Å². The molecule has 26 heavy (non-hydrogen) atoms. The number of Topliss-reactive ketones (excluding diaryl/α,β-unsaturated/α-hetero) is 1. The molecule has 140 valence electrons. The maximum absolute atomic E-state index is 12.4. The summed E-state index contributed by atoms with van der Waals surface area (Å²) in [5, 5.41) is 0. The lowest BCUT2D eigenvalue weighted by atomic mass is 10.1. The van der Waals surface area contributed by atoms with E-state index in [0.717, 1.165) is 24.4 Å².